The summed E-state index contributed by atoms with van der Waals surface area (Å²) in [5.74, 6) is -0.359. The highest BCUT2D eigenvalue weighted by atomic mass is 16.5. The highest BCUT2D eigenvalue weighted by Gasteiger charge is 2.22. The van der Waals surface area contributed by atoms with Crippen molar-refractivity contribution in [3.8, 4) is 0 Å². The molecule has 0 N–H and O–H groups in total. The van der Waals surface area contributed by atoms with Gasteiger partial charge in [-0.1, -0.05) is 6.58 Å². The lowest BCUT2D eigenvalue weighted by Crippen LogP contribution is -2.25. The first-order valence-corrected chi connectivity index (χ1v) is 4.14. The van der Waals surface area contributed by atoms with Crippen LogP contribution in [0, 0.1) is 0 Å². The van der Waals surface area contributed by atoms with E-state index in [9.17, 15) is 4.79 Å². The Hall–Kier alpha value is -0.830. The predicted octanol–water partition coefficient (Wildman–Crippen LogP) is 1.28. The van der Waals surface area contributed by atoms with Crippen LogP contribution >= 0.6 is 0 Å². The monoisotopic (exact) mass is 170 g/mol. The summed E-state index contributed by atoms with van der Waals surface area (Å²) in [6, 6.07) is 0. The van der Waals surface area contributed by atoms with Crippen LogP contribution in [0.25, 0.3) is 0 Å². The van der Waals surface area contributed by atoms with Gasteiger partial charge in [0.1, 0.15) is 0 Å². The molecule has 1 aliphatic heterocycles. The second-order valence-electron chi connectivity index (χ2n) is 2.87. The smallest absolute Gasteiger partial charge is 0.335 e. The third-order valence-corrected chi connectivity index (χ3v) is 2.02. The summed E-state index contributed by atoms with van der Waals surface area (Å²) in [5.41, 5.74) is 0.442. The van der Waals surface area contributed by atoms with E-state index in [0.717, 1.165) is 25.9 Å². The Morgan fingerprint density at radius 2 is 2.33 bits per heavy atom. The lowest BCUT2D eigenvalue weighted by atomic mass is 10.0. The minimum absolute atomic E-state index is 0.119. The third kappa shape index (κ3) is 2.08. The first-order chi connectivity index (χ1) is 5.75. The minimum atomic E-state index is -0.359. The molecule has 1 aliphatic rings. The molecule has 1 saturated heterocycles. The zero-order valence-corrected chi connectivity index (χ0v) is 7.34. The summed E-state index contributed by atoms with van der Waals surface area (Å²) >= 11 is 0. The van der Waals surface area contributed by atoms with Gasteiger partial charge in [0.25, 0.3) is 0 Å². The Morgan fingerprint density at radius 1 is 1.58 bits per heavy atom. The Bertz CT molecular complexity index is 180. The number of carbonyl (C=O) groups excluding carboxylic acids is 1. The summed E-state index contributed by atoms with van der Waals surface area (Å²) in [6.45, 7) is 4.37. The zero-order chi connectivity index (χ0) is 8.97. The van der Waals surface area contributed by atoms with Gasteiger partial charge in [-0.2, -0.15) is 0 Å². The molecule has 0 spiro atoms. The molecule has 12 heavy (non-hydrogen) atoms. The van der Waals surface area contributed by atoms with Gasteiger partial charge in [0.2, 0.25) is 0 Å². The quantitative estimate of drug-likeness (QED) is 0.462. The number of rotatable bonds is 2. The maximum atomic E-state index is 11.0. The Morgan fingerprint density at radius 3 is 2.83 bits per heavy atom. The van der Waals surface area contributed by atoms with Crippen LogP contribution in [0.1, 0.15) is 19.3 Å². The minimum Gasteiger partial charge on any atom is -0.466 e. The van der Waals surface area contributed by atoms with Crippen LogP contribution in [0.5, 0.6) is 0 Å². The standard InChI is InChI=1S/C9H14O3/c1-7(9(10)11-2)8-5-3-4-6-12-8/h8H,1,3-6H2,2H3. The van der Waals surface area contributed by atoms with Gasteiger partial charge in [0, 0.05) is 6.61 Å². The molecule has 0 saturated carbocycles. The summed E-state index contributed by atoms with van der Waals surface area (Å²) in [6.07, 6.45) is 2.94. The summed E-state index contributed by atoms with van der Waals surface area (Å²) in [5, 5.41) is 0. The molecule has 1 unspecified atom stereocenters. The van der Waals surface area contributed by atoms with E-state index in [1.54, 1.807) is 0 Å². The third-order valence-electron chi connectivity index (χ3n) is 2.02. The fourth-order valence-electron chi connectivity index (χ4n) is 1.28. The SMILES string of the molecule is C=C(C(=O)OC)C1CCCCO1. The molecule has 0 bridgehead atoms. The van der Waals surface area contributed by atoms with Gasteiger partial charge in [-0.15, -0.1) is 0 Å². The molecule has 1 atom stereocenters. The largest absolute Gasteiger partial charge is 0.466 e. The van der Waals surface area contributed by atoms with Gasteiger partial charge in [0.15, 0.2) is 0 Å². The van der Waals surface area contributed by atoms with E-state index in [2.05, 4.69) is 11.3 Å². The molecule has 0 aromatic heterocycles. The maximum absolute atomic E-state index is 11.0. The molecular weight excluding hydrogens is 156 g/mol. The Labute approximate surface area is 72.4 Å². The Balaban J connectivity index is 2.45. The van der Waals surface area contributed by atoms with Crippen molar-refractivity contribution in [3.05, 3.63) is 12.2 Å². The average Bonchev–Trinajstić information content (AvgIpc) is 2.17. The van der Waals surface area contributed by atoms with Gasteiger partial charge in [0.05, 0.1) is 18.8 Å². The van der Waals surface area contributed by atoms with Crippen molar-refractivity contribution in [1.82, 2.24) is 0 Å². The van der Waals surface area contributed by atoms with Crippen molar-refractivity contribution >= 4 is 5.97 Å². The molecule has 0 radical (unpaired) electrons. The van der Waals surface area contributed by atoms with Crippen molar-refractivity contribution in [2.45, 2.75) is 25.4 Å². The maximum Gasteiger partial charge on any atom is 0.335 e. The Kier molecular flexibility index (Phi) is 3.29. The summed E-state index contributed by atoms with van der Waals surface area (Å²) in [4.78, 5) is 11.0. The molecule has 1 rings (SSSR count). The van der Waals surface area contributed by atoms with Gasteiger partial charge in [-0.05, 0) is 19.3 Å². The van der Waals surface area contributed by atoms with Crippen LogP contribution in [0.4, 0.5) is 0 Å². The van der Waals surface area contributed by atoms with Crippen LogP contribution in [0.15, 0.2) is 12.2 Å². The van der Waals surface area contributed by atoms with Crippen molar-refractivity contribution in [2.75, 3.05) is 13.7 Å². The van der Waals surface area contributed by atoms with Crippen LogP contribution in [-0.2, 0) is 14.3 Å². The van der Waals surface area contributed by atoms with Crippen molar-refractivity contribution in [2.24, 2.45) is 0 Å². The molecule has 3 heteroatoms. The van der Waals surface area contributed by atoms with E-state index in [1.165, 1.54) is 7.11 Å². The second kappa shape index (κ2) is 4.26. The van der Waals surface area contributed by atoms with Crippen molar-refractivity contribution in [1.29, 1.82) is 0 Å². The van der Waals surface area contributed by atoms with Crippen LogP contribution in [-0.4, -0.2) is 25.8 Å². The van der Waals surface area contributed by atoms with E-state index >= 15 is 0 Å². The molecule has 0 aromatic carbocycles. The van der Waals surface area contributed by atoms with Gasteiger partial charge < -0.3 is 9.47 Å². The molecule has 1 fully saturated rings. The number of ether oxygens (including phenoxy) is 2. The molecule has 68 valence electrons. The highest BCUT2D eigenvalue weighted by Crippen LogP contribution is 2.18. The van der Waals surface area contributed by atoms with Crippen molar-refractivity contribution < 1.29 is 14.3 Å². The van der Waals surface area contributed by atoms with Gasteiger partial charge in [-0.3, -0.25) is 0 Å². The van der Waals surface area contributed by atoms with Gasteiger partial charge >= 0.3 is 5.97 Å². The van der Waals surface area contributed by atoms with Gasteiger partial charge in [-0.25, -0.2) is 4.79 Å². The predicted molar refractivity (Wildman–Crippen MR) is 44.7 cm³/mol. The number of hydrogen-bond acceptors (Lipinski definition) is 3. The fraction of sp³-hybridized carbons (Fsp3) is 0.667. The van der Waals surface area contributed by atoms with E-state index in [0.29, 0.717) is 5.57 Å². The van der Waals surface area contributed by atoms with E-state index in [1.807, 2.05) is 0 Å². The number of hydrogen-bond donors (Lipinski definition) is 0. The number of carbonyl (C=O) groups is 1. The van der Waals surface area contributed by atoms with Crippen LogP contribution in [0.3, 0.4) is 0 Å². The first-order valence-electron chi connectivity index (χ1n) is 4.14. The molecule has 0 amide bonds. The summed E-state index contributed by atoms with van der Waals surface area (Å²) in [7, 11) is 1.36. The van der Waals surface area contributed by atoms with Crippen LogP contribution in [0.2, 0.25) is 0 Å². The fourth-order valence-corrected chi connectivity index (χ4v) is 1.28. The number of esters is 1. The lowest BCUT2D eigenvalue weighted by molar-refractivity contribution is -0.138. The first kappa shape index (κ1) is 9.26. The van der Waals surface area contributed by atoms with E-state index in [4.69, 9.17) is 4.74 Å². The lowest BCUT2D eigenvalue weighted by Gasteiger charge is -2.22. The van der Waals surface area contributed by atoms with Crippen LogP contribution < -0.4 is 0 Å². The highest BCUT2D eigenvalue weighted by molar-refractivity contribution is 5.88. The molecular formula is C9H14O3. The van der Waals surface area contributed by atoms with Crippen molar-refractivity contribution in [3.63, 3.8) is 0 Å². The average molecular weight is 170 g/mol. The molecule has 1 heterocycles. The normalized spacial score (nSPS) is 23.2. The molecule has 0 aromatic rings. The molecule has 0 aliphatic carbocycles. The summed E-state index contributed by atoms with van der Waals surface area (Å²) < 4.78 is 9.91. The van der Waals surface area contributed by atoms with E-state index in [-0.39, 0.29) is 12.1 Å². The topological polar surface area (TPSA) is 35.5 Å². The molecule has 3 nitrogen and oxygen atoms in total. The zero-order valence-electron chi connectivity index (χ0n) is 7.34. The second-order valence-corrected chi connectivity index (χ2v) is 2.87. The number of methoxy groups -OCH3 is 1. The van der Waals surface area contributed by atoms with E-state index < -0.39 is 0 Å².